The third-order valence-electron chi connectivity index (χ3n) is 2.31. The Morgan fingerprint density at radius 3 is 2.60 bits per heavy atom. The highest BCUT2D eigenvalue weighted by Crippen LogP contribution is 2.00. The second-order valence-electron chi connectivity index (χ2n) is 3.74. The van der Waals surface area contributed by atoms with E-state index in [9.17, 15) is 4.79 Å². The van der Waals surface area contributed by atoms with Gasteiger partial charge in [-0.1, -0.05) is 6.92 Å². The van der Waals surface area contributed by atoms with Gasteiger partial charge in [0.25, 0.3) is 0 Å². The van der Waals surface area contributed by atoms with Crippen molar-refractivity contribution in [3.63, 3.8) is 0 Å². The van der Waals surface area contributed by atoms with Crippen LogP contribution in [0.25, 0.3) is 0 Å². The maximum atomic E-state index is 10.9. The maximum absolute atomic E-state index is 10.9. The Bertz CT molecular complexity index is 168. The number of methoxy groups -OCH3 is 1. The monoisotopic (exact) mass is 217 g/mol. The van der Waals surface area contributed by atoms with E-state index in [1.807, 2.05) is 6.92 Å². The Kier molecular flexibility index (Phi) is 8.27. The summed E-state index contributed by atoms with van der Waals surface area (Å²) in [6.07, 6.45) is 0.926. The maximum Gasteiger partial charge on any atom is 0.221 e. The highest BCUT2D eigenvalue weighted by atomic mass is 16.5. The van der Waals surface area contributed by atoms with Crippen molar-refractivity contribution >= 4 is 5.91 Å². The van der Waals surface area contributed by atoms with Crippen molar-refractivity contribution < 1.29 is 9.53 Å². The van der Waals surface area contributed by atoms with Crippen molar-refractivity contribution in [1.29, 1.82) is 0 Å². The van der Waals surface area contributed by atoms with E-state index in [-0.39, 0.29) is 11.8 Å². The van der Waals surface area contributed by atoms with Crippen LogP contribution in [0.2, 0.25) is 0 Å². The smallest absolute Gasteiger partial charge is 0.221 e. The highest BCUT2D eigenvalue weighted by Gasteiger charge is 2.13. The molecule has 5 heteroatoms. The fourth-order valence-electron chi connectivity index (χ4n) is 1.31. The van der Waals surface area contributed by atoms with Gasteiger partial charge in [-0.25, -0.2) is 0 Å². The van der Waals surface area contributed by atoms with E-state index < -0.39 is 0 Å². The highest BCUT2D eigenvalue weighted by molar-refractivity contribution is 5.76. The van der Waals surface area contributed by atoms with Crippen molar-refractivity contribution in [2.45, 2.75) is 13.3 Å². The zero-order chi connectivity index (χ0) is 11.7. The van der Waals surface area contributed by atoms with E-state index in [0.717, 1.165) is 19.5 Å². The topological polar surface area (TPSA) is 81.6 Å². The molecule has 1 atom stereocenters. The van der Waals surface area contributed by atoms with Crippen LogP contribution in [-0.2, 0) is 9.53 Å². The van der Waals surface area contributed by atoms with E-state index >= 15 is 0 Å². The van der Waals surface area contributed by atoms with Crippen LogP contribution in [-0.4, -0.2) is 50.7 Å². The van der Waals surface area contributed by atoms with Crippen LogP contribution < -0.4 is 11.5 Å². The second kappa shape index (κ2) is 8.64. The Balaban J connectivity index is 3.92. The molecule has 0 rings (SSSR count). The molecule has 0 saturated carbocycles. The van der Waals surface area contributed by atoms with Crippen LogP contribution in [0.4, 0.5) is 0 Å². The molecular formula is C10H23N3O2. The number of carbonyl (C=O) groups excluding carboxylic acids is 1. The van der Waals surface area contributed by atoms with E-state index in [4.69, 9.17) is 16.2 Å². The molecule has 0 heterocycles. The first-order valence-corrected chi connectivity index (χ1v) is 5.32. The van der Waals surface area contributed by atoms with Crippen molar-refractivity contribution in [1.82, 2.24) is 4.90 Å². The Hall–Kier alpha value is -0.650. The van der Waals surface area contributed by atoms with E-state index in [1.165, 1.54) is 0 Å². The van der Waals surface area contributed by atoms with Crippen LogP contribution in [0.5, 0.6) is 0 Å². The fourth-order valence-corrected chi connectivity index (χ4v) is 1.31. The first-order chi connectivity index (χ1) is 7.11. The van der Waals surface area contributed by atoms with Gasteiger partial charge in [0, 0.05) is 26.1 Å². The molecule has 15 heavy (non-hydrogen) atoms. The average Bonchev–Trinajstić information content (AvgIpc) is 2.21. The SMILES string of the molecule is COCCN(CCCN)CC(C)C(N)=O. The third-order valence-corrected chi connectivity index (χ3v) is 2.31. The summed E-state index contributed by atoms with van der Waals surface area (Å²) in [5.41, 5.74) is 10.7. The number of primary amides is 1. The number of nitrogens with two attached hydrogens (primary N) is 2. The third kappa shape index (κ3) is 7.30. The van der Waals surface area contributed by atoms with Crippen LogP contribution in [0.1, 0.15) is 13.3 Å². The molecule has 0 aromatic rings. The molecule has 0 aliphatic heterocycles. The van der Waals surface area contributed by atoms with E-state index in [2.05, 4.69) is 4.90 Å². The Morgan fingerprint density at radius 2 is 2.13 bits per heavy atom. The first kappa shape index (κ1) is 14.3. The van der Waals surface area contributed by atoms with Crippen LogP contribution >= 0.6 is 0 Å². The normalized spacial score (nSPS) is 13.1. The Labute approximate surface area is 91.7 Å². The number of carbonyl (C=O) groups is 1. The van der Waals surface area contributed by atoms with Crippen LogP contribution in [0.15, 0.2) is 0 Å². The predicted molar refractivity (Wildman–Crippen MR) is 60.3 cm³/mol. The molecule has 90 valence electrons. The number of ether oxygens (including phenoxy) is 1. The summed E-state index contributed by atoms with van der Waals surface area (Å²) >= 11 is 0. The van der Waals surface area contributed by atoms with Crippen LogP contribution in [0, 0.1) is 5.92 Å². The van der Waals surface area contributed by atoms with Gasteiger partial charge in [0.05, 0.1) is 6.61 Å². The van der Waals surface area contributed by atoms with Crippen molar-refractivity contribution in [2.75, 3.05) is 39.9 Å². The van der Waals surface area contributed by atoms with Gasteiger partial charge in [-0.2, -0.15) is 0 Å². The molecule has 0 spiro atoms. The number of amides is 1. The van der Waals surface area contributed by atoms with Crippen molar-refractivity contribution in [3.05, 3.63) is 0 Å². The summed E-state index contributed by atoms with van der Waals surface area (Å²) in [5.74, 6) is -0.384. The molecule has 1 unspecified atom stereocenters. The molecule has 5 nitrogen and oxygen atoms in total. The van der Waals surface area contributed by atoms with Crippen molar-refractivity contribution in [3.8, 4) is 0 Å². The van der Waals surface area contributed by atoms with Crippen molar-refractivity contribution in [2.24, 2.45) is 17.4 Å². The largest absolute Gasteiger partial charge is 0.383 e. The van der Waals surface area contributed by atoms with E-state index in [0.29, 0.717) is 19.7 Å². The minimum atomic E-state index is -0.259. The lowest BCUT2D eigenvalue weighted by Crippen LogP contribution is -2.37. The lowest BCUT2D eigenvalue weighted by atomic mass is 10.1. The summed E-state index contributed by atoms with van der Waals surface area (Å²) in [6, 6.07) is 0. The Morgan fingerprint density at radius 1 is 1.47 bits per heavy atom. The zero-order valence-electron chi connectivity index (χ0n) is 9.74. The fraction of sp³-hybridized carbons (Fsp3) is 0.900. The first-order valence-electron chi connectivity index (χ1n) is 5.32. The molecule has 0 radical (unpaired) electrons. The molecule has 0 fully saturated rings. The minimum absolute atomic E-state index is 0.125. The summed E-state index contributed by atoms with van der Waals surface area (Å²) in [5, 5.41) is 0. The van der Waals surface area contributed by atoms with Gasteiger partial charge in [-0.3, -0.25) is 4.79 Å². The molecule has 4 N–H and O–H groups in total. The van der Waals surface area contributed by atoms with E-state index in [1.54, 1.807) is 7.11 Å². The predicted octanol–water partition coefficient (Wildman–Crippen LogP) is -0.595. The lowest BCUT2D eigenvalue weighted by Gasteiger charge is -2.23. The molecule has 1 amide bonds. The average molecular weight is 217 g/mol. The molecule has 0 aromatic heterocycles. The number of rotatable bonds is 9. The van der Waals surface area contributed by atoms with Gasteiger partial charge in [-0.15, -0.1) is 0 Å². The summed E-state index contributed by atoms with van der Waals surface area (Å²) in [6.45, 7) is 5.54. The molecule has 0 saturated heterocycles. The molecule has 0 bridgehead atoms. The molecule has 0 aliphatic rings. The summed E-state index contributed by atoms with van der Waals surface area (Å²) < 4.78 is 5.01. The van der Waals surface area contributed by atoms with Gasteiger partial charge in [0.2, 0.25) is 5.91 Å². The molecule has 0 aliphatic carbocycles. The number of hydrogen-bond donors (Lipinski definition) is 2. The lowest BCUT2D eigenvalue weighted by molar-refractivity contribution is -0.121. The van der Waals surface area contributed by atoms with Gasteiger partial charge < -0.3 is 21.1 Å². The molecule has 0 aromatic carbocycles. The number of nitrogens with zero attached hydrogens (tertiary/aromatic N) is 1. The second-order valence-corrected chi connectivity index (χ2v) is 3.74. The van der Waals surface area contributed by atoms with Gasteiger partial charge in [0.15, 0.2) is 0 Å². The van der Waals surface area contributed by atoms with Gasteiger partial charge >= 0.3 is 0 Å². The van der Waals surface area contributed by atoms with Gasteiger partial charge in [0.1, 0.15) is 0 Å². The standard InChI is InChI=1S/C10H23N3O2/c1-9(10(12)14)8-13(5-3-4-11)6-7-15-2/h9H,3-8,11H2,1-2H3,(H2,12,14). The van der Waals surface area contributed by atoms with Crippen LogP contribution in [0.3, 0.4) is 0 Å². The quantitative estimate of drug-likeness (QED) is 0.540. The minimum Gasteiger partial charge on any atom is -0.383 e. The van der Waals surface area contributed by atoms with Gasteiger partial charge in [-0.05, 0) is 19.5 Å². The summed E-state index contributed by atoms with van der Waals surface area (Å²) in [4.78, 5) is 13.1. The summed E-state index contributed by atoms with van der Waals surface area (Å²) in [7, 11) is 1.67. The number of hydrogen-bond acceptors (Lipinski definition) is 4. The molecular weight excluding hydrogens is 194 g/mol. The zero-order valence-corrected chi connectivity index (χ0v) is 9.74.